The molecule has 6 heteroatoms. The summed E-state index contributed by atoms with van der Waals surface area (Å²) in [6, 6.07) is 18.0. The molecule has 1 unspecified atom stereocenters. The van der Waals surface area contributed by atoms with Gasteiger partial charge in [0.05, 0.1) is 12.1 Å². The molecule has 0 bridgehead atoms. The lowest BCUT2D eigenvalue weighted by atomic mass is 10.0. The number of hydrogen-bond donors (Lipinski definition) is 0. The van der Waals surface area contributed by atoms with Crippen LogP contribution < -0.4 is 4.90 Å². The molecule has 1 amide bonds. The molecule has 1 aliphatic rings. The van der Waals surface area contributed by atoms with Crippen molar-refractivity contribution in [2.75, 3.05) is 29.5 Å². The molecule has 0 radical (unpaired) electrons. The molecule has 1 aliphatic heterocycles. The Hall–Kier alpha value is -2.73. The lowest BCUT2D eigenvalue weighted by Crippen LogP contribution is -2.39. The Kier molecular flexibility index (Phi) is 7.20. The van der Waals surface area contributed by atoms with Crippen LogP contribution in [0.1, 0.15) is 41.8 Å². The minimum atomic E-state index is 0.0414. The highest BCUT2D eigenvalue weighted by atomic mass is 32.2. The van der Waals surface area contributed by atoms with Crippen LogP contribution in [-0.2, 0) is 6.54 Å². The van der Waals surface area contributed by atoms with Gasteiger partial charge in [-0.3, -0.25) is 4.79 Å². The number of hydrogen-bond acceptors (Lipinski definition) is 5. The van der Waals surface area contributed by atoms with Crippen LogP contribution in [0.3, 0.4) is 0 Å². The highest BCUT2D eigenvalue weighted by Gasteiger charge is 2.29. The van der Waals surface area contributed by atoms with Crippen LogP contribution in [0.15, 0.2) is 59.1 Å². The summed E-state index contributed by atoms with van der Waals surface area (Å²) < 4.78 is 5.93. The first-order chi connectivity index (χ1) is 15.6. The Balaban J connectivity index is 1.73. The number of amides is 1. The summed E-state index contributed by atoms with van der Waals surface area (Å²) in [6.45, 7) is 8.59. The third kappa shape index (κ3) is 4.85. The van der Waals surface area contributed by atoms with Crippen LogP contribution in [0, 0.1) is 6.92 Å². The van der Waals surface area contributed by atoms with E-state index in [-0.39, 0.29) is 11.9 Å². The second kappa shape index (κ2) is 10.3. The van der Waals surface area contributed by atoms with Crippen molar-refractivity contribution >= 4 is 23.6 Å². The van der Waals surface area contributed by atoms with E-state index in [1.54, 1.807) is 0 Å². The third-order valence-electron chi connectivity index (χ3n) is 6.12. The zero-order chi connectivity index (χ0) is 22.5. The summed E-state index contributed by atoms with van der Waals surface area (Å²) in [4.78, 5) is 17.8. The average Bonchev–Trinajstić information content (AvgIpc) is 3.27. The predicted octanol–water partition coefficient (Wildman–Crippen LogP) is 5.64. The van der Waals surface area contributed by atoms with Gasteiger partial charge in [-0.1, -0.05) is 60.1 Å². The van der Waals surface area contributed by atoms with Gasteiger partial charge in [0.1, 0.15) is 5.69 Å². The normalized spacial score (nSPS) is 14.9. The first kappa shape index (κ1) is 22.5. The number of nitrogens with zero attached hydrogens (tertiary/aromatic N) is 3. The second-order valence-corrected chi connectivity index (χ2v) is 9.56. The van der Waals surface area contributed by atoms with Crippen molar-refractivity contribution in [1.82, 2.24) is 10.1 Å². The molecular weight excluding hydrogens is 418 g/mol. The molecule has 4 rings (SSSR count). The number of carbonyl (C=O) groups excluding carboxylic acids is 1. The first-order valence-electron chi connectivity index (χ1n) is 11.3. The molecule has 32 heavy (non-hydrogen) atoms. The number of carbonyl (C=O) groups is 1. The number of aryl methyl sites for hydroxylation is 1. The highest BCUT2D eigenvalue weighted by Crippen LogP contribution is 2.34. The van der Waals surface area contributed by atoms with Crippen molar-refractivity contribution in [2.24, 2.45) is 0 Å². The molecule has 1 aromatic heterocycles. The Morgan fingerprint density at radius 3 is 2.47 bits per heavy atom. The summed E-state index contributed by atoms with van der Waals surface area (Å²) >= 11 is 1.96. The smallest absolute Gasteiger partial charge is 0.254 e. The van der Waals surface area contributed by atoms with Gasteiger partial charge in [0, 0.05) is 41.8 Å². The quantitative estimate of drug-likeness (QED) is 0.467. The van der Waals surface area contributed by atoms with Crippen molar-refractivity contribution in [2.45, 2.75) is 39.8 Å². The van der Waals surface area contributed by atoms with E-state index < -0.39 is 0 Å². The minimum Gasteiger partial charge on any atom is -0.339 e. The van der Waals surface area contributed by atoms with Crippen LogP contribution in [0.25, 0.3) is 11.3 Å². The monoisotopic (exact) mass is 449 g/mol. The summed E-state index contributed by atoms with van der Waals surface area (Å²) in [5.41, 5.74) is 4.68. The van der Waals surface area contributed by atoms with E-state index in [1.807, 2.05) is 78.2 Å². The molecule has 1 fully saturated rings. The molecule has 0 saturated carbocycles. The van der Waals surface area contributed by atoms with E-state index in [9.17, 15) is 4.79 Å². The Labute approximate surface area is 194 Å². The highest BCUT2D eigenvalue weighted by molar-refractivity contribution is 7.99. The second-order valence-electron chi connectivity index (χ2n) is 8.34. The fraction of sp³-hybridized carbons (Fsp3) is 0.385. The molecule has 2 aromatic carbocycles. The molecule has 0 spiro atoms. The van der Waals surface area contributed by atoms with Crippen LogP contribution >= 0.6 is 11.8 Å². The van der Waals surface area contributed by atoms with E-state index in [2.05, 4.69) is 23.9 Å². The molecule has 3 aromatic rings. The van der Waals surface area contributed by atoms with Gasteiger partial charge in [-0.25, -0.2) is 0 Å². The van der Waals surface area contributed by atoms with Gasteiger partial charge in [-0.15, -0.1) is 0 Å². The largest absolute Gasteiger partial charge is 0.339 e. The van der Waals surface area contributed by atoms with E-state index in [4.69, 9.17) is 4.52 Å². The van der Waals surface area contributed by atoms with E-state index in [0.717, 1.165) is 59.3 Å². The number of thioether (sulfide) groups is 1. The lowest BCUT2D eigenvalue weighted by Gasteiger charge is -2.31. The molecular formula is C26H31N3O2S. The topological polar surface area (TPSA) is 49.6 Å². The number of aromatic nitrogens is 1. The first-order valence-corrected chi connectivity index (χ1v) is 12.5. The Morgan fingerprint density at radius 2 is 1.81 bits per heavy atom. The standard InChI is InChI=1S/C26H31N3O2S/c1-4-20(3)29(25(30)22-12-10-19(2)11-13-22)18-23-24(21-8-6-5-7-9-21)27-31-26(23)28-14-16-32-17-15-28/h5-13,20H,4,14-18H2,1-3H3. The number of benzene rings is 2. The molecule has 5 nitrogen and oxygen atoms in total. The maximum atomic E-state index is 13.6. The van der Waals surface area contributed by atoms with Crippen molar-refractivity contribution in [3.05, 3.63) is 71.3 Å². The molecule has 0 N–H and O–H groups in total. The van der Waals surface area contributed by atoms with E-state index in [1.165, 1.54) is 0 Å². The Bertz CT molecular complexity index is 1030. The van der Waals surface area contributed by atoms with Crippen molar-refractivity contribution in [3.8, 4) is 11.3 Å². The molecule has 2 heterocycles. The average molecular weight is 450 g/mol. The maximum absolute atomic E-state index is 13.6. The molecule has 0 aliphatic carbocycles. The summed E-state index contributed by atoms with van der Waals surface area (Å²) in [5, 5.41) is 4.48. The van der Waals surface area contributed by atoms with Gasteiger partial charge in [-0.2, -0.15) is 11.8 Å². The summed E-state index contributed by atoms with van der Waals surface area (Å²) in [6.07, 6.45) is 0.874. The summed E-state index contributed by atoms with van der Waals surface area (Å²) in [5.74, 6) is 2.98. The van der Waals surface area contributed by atoms with Crippen LogP contribution in [0.2, 0.25) is 0 Å². The fourth-order valence-corrected chi connectivity index (χ4v) is 4.86. The molecule has 168 valence electrons. The zero-order valence-electron chi connectivity index (χ0n) is 19.1. The Morgan fingerprint density at radius 1 is 1.12 bits per heavy atom. The van der Waals surface area contributed by atoms with E-state index >= 15 is 0 Å². The lowest BCUT2D eigenvalue weighted by molar-refractivity contribution is 0.0672. The maximum Gasteiger partial charge on any atom is 0.254 e. The van der Waals surface area contributed by atoms with Gasteiger partial charge in [0.15, 0.2) is 0 Å². The minimum absolute atomic E-state index is 0.0414. The van der Waals surface area contributed by atoms with Gasteiger partial charge in [0.25, 0.3) is 5.91 Å². The predicted molar refractivity (Wildman–Crippen MR) is 132 cm³/mol. The fourth-order valence-electron chi connectivity index (χ4n) is 3.96. The van der Waals surface area contributed by atoms with E-state index in [0.29, 0.717) is 12.1 Å². The zero-order valence-corrected chi connectivity index (χ0v) is 19.9. The third-order valence-corrected chi connectivity index (χ3v) is 7.07. The van der Waals surface area contributed by atoms with Crippen molar-refractivity contribution in [1.29, 1.82) is 0 Å². The molecule has 1 saturated heterocycles. The van der Waals surface area contributed by atoms with Gasteiger partial charge in [0.2, 0.25) is 5.88 Å². The van der Waals surface area contributed by atoms with Crippen LogP contribution in [0.5, 0.6) is 0 Å². The van der Waals surface area contributed by atoms with Crippen LogP contribution in [0.4, 0.5) is 5.88 Å². The molecule has 1 atom stereocenters. The summed E-state index contributed by atoms with van der Waals surface area (Å²) in [7, 11) is 0. The number of anilines is 1. The van der Waals surface area contributed by atoms with Gasteiger partial charge < -0.3 is 14.3 Å². The number of rotatable bonds is 7. The van der Waals surface area contributed by atoms with Crippen molar-refractivity contribution in [3.63, 3.8) is 0 Å². The van der Waals surface area contributed by atoms with Crippen LogP contribution in [-0.4, -0.2) is 46.6 Å². The SMILES string of the molecule is CCC(C)N(Cc1c(-c2ccccc2)noc1N1CCSCC1)C(=O)c1ccc(C)cc1. The van der Waals surface area contributed by atoms with Gasteiger partial charge >= 0.3 is 0 Å². The van der Waals surface area contributed by atoms with Gasteiger partial charge in [-0.05, 0) is 32.4 Å². The van der Waals surface area contributed by atoms with Crippen molar-refractivity contribution < 1.29 is 9.32 Å².